The van der Waals surface area contributed by atoms with Gasteiger partial charge in [-0.3, -0.25) is 0 Å². The topological polar surface area (TPSA) is 70.6 Å². The standard InChI is InChI=1S/C15H22FN3O/c1-15(2)6-5-12(8-15)18-9-11-4-3-10(7-13(11)16)14(17)19-20/h3-4,7,12,18,20H,5-6,8-9H2,1-2H3,(H2,17,19). The first kappa shape index (κ1) is 14.8. The van der Waals surface area contributed by atoms with Crippen LogP contribution in [0.1, 0.15) is 44.2 Å². The Labute approximate surface area is 118 Å². The molecule has 0 heterocycles. The highest BCUT2D eigenvalue weighted by Crippen LogP contribution is 2.37. The fourth-order valence-electron chi connectivity index (χ4n) is 2.77. The van der Waals surface area contributed by atoms with E-state index < -0.39 is 0 Å². The second-order valence-corrected chi connectivity index (χ2v) is 6.28. The Hall–Kier alpha value is -1.62. The number of halogens is 1. The number of hydrogen-bond donors (Lipinski definition) is 3. The van der Waals surface area contributed by atoms with Gasteiger partial charge in [0.1, 0.15) is 5.82 Å². The predicted molar refractivity (Wildman–Crippen MR) is 77.2 cm³/mol. The van der Waals surface area contributed by atoms with E-state index in [1.807, 2.05) is 0 Å². The third-order valence-corrected chi connectivity index (χ3v) is 4.01. The normalized spacial score (nSPS) is 22.1. The fraction of sp³-hybridized carbons (Fsp3) is 0.533. The molecule has 1 aromatic rings. The molecule has 1 aliphatic carbocycles. The van der Waals surface area contributed by atoms with Gasteiger partial charge in [-0.15, -0.1) is 0 Å². The Morgan fingerprint density at radius 3 is 2.85 bits per heavy atom. The minimum absolute atomic E-state index is 0.0825. The van der Waals surface area contributed by atoms with Crippen molar-refractivity contribution in [1.29, 1.82) is 0 Å². The van der Waals surface area contributed by atoms with Crippen LogP contribution < -0.4 is 11.1 Å². The van der Waals surface area contributed by atoms with Crippen LogP contribution in [-0.2, 0) is 6.54 Å². The molecule has 0 bridgehead atoms. The van der Waals surface area contributed by atoms with E-state index in [-0.39, 0.29) is 11.7 Å². The van der Waals surface area contributed by atoms with Gasteiger partial charge in [0.2, 0.25) is 0 Å². The Balaban J connectivity index is 1.97. The summed E-state index contributed by atoms with van der Waals surface area (Å²) in [4.78, 5) is 0. The maximum Gasteiger partial charge on any atom is 0.170 e. The first-order chi connectivity index (χ1) is 9.41. The van der Waals surface area contributed by atoms with Gasteiger partial charge in [0.25, 0.3) is 0 Å². The van der Waals surface area contributed by atoms with Gasteiger partial charge in [-0.05, 0) is 30.7 Å². The largest absolute Gasteiger partial charge is 0.409 e. The van der Waals surface area contributed by atoms with Crippen LogP contribution in [0.3, 0.4) is 0 Å². The van der Waals surface area contributed by atoms with Crippen molar-refractivity contribution in [3.63, 3.8) is 0 Å². The molecule has 0 aromatic heterocycles. The molecule has 1 aromatic carbocycles. The van der Waals surface area contributed by atoms with Crippen LogP contribution in [-0.4, -0.2) is 17.1 Å². The molecule has 1 aliphatic rings. The van der Waals surface area contributed by atoms with Gasteiger partial charge in [0.15, 0.2) is 5.84 Å². The molecule has 4 nitrogen and oxygen atoms in total. The van der Waals surface area contributed by atoms with Crippen LogP contribution in [0.2, 0.25) is 0 Å². The van der Waals surface area contributed by atoms with Crippen molar-refractivity contribution in [2.24, 2.45) is 16.3 Å². The fourth-order valence-corrected chi connectivity index (χ4v) is 2.77. The molecule has 4 N–H and O–H groups in total. The SMILES string of the molecule is CC1(C)CCC(NCc2ccc(/C(N)=N/O)cc2F)C1. The summed E-state index contributed by atoms with van der Waals surface area (Å²) in [6.45, 7) is 5.03. The summed E-state index contributed by atoms with van der Waals surface area (Å²) in [7, 11) is 0. The smallest absolute Gasteiger partial charge is 0.170 e. The summed E-state index contributed by atoms with van der Waals surface area (Å²) >= 11 is 0. The van der Waals surface area contributed by atoms with E-state index in [4.69, 9.17) is 10.9 Å². The molecule has 5 heteroatoms. The van der Waals surface area contributed by atoms with E-state index in [1.54, 1.807) is 12.1 Å². The molecule has 110 valence electrons. The van der Waals surface area contributed by atoms with E-state index >= 15 is 0 Å². The molecule has 0 aliphatic heterocycles. The Morgan fingerprint density at radius 2 is 2.30 bits per heavy atom. The highest BCUT2D eigenvalue weighted by Gasteiger charge is 2.30. The maximum atomic E-state index is 13.9. The quantitative estimate of drug-likeness (QED) is 0.343. The van der Waals surface area contributed by atoms with Gasteiger partial charge < -0.3 is 16.3 Å². The van der Waals surface area contributed by atoms with E-state index in [1.165, 1.54) is 12.5 Å². The second kappa shape index (κ2) is 5.79. The van der Waals surface area contributed by atoms with Crippen molar-refractivity contribution in [2.45, 2.75) is 45.7 Å². The van der Waals surface area contributed by atoms with Gasteiger partial charge in [0, 0.05) is 23.7 Å². The number of nitrogens with one attached hydrogen (secondary N) is 1. The average Bonchev–Trinajstić information content (AvgIpc) is 2.76. The lowest BCUT2D eigenvalue weighted by atomic mass is 9.92. The zero-order chi connectivity index (χ0) is 14.8. The number of nitrogens with two attached hydrogens (primary N) is 1. The molecular formula is C15H22FN3O. The van der Waals surface area contributed by atoms with Gasteiger partial charge in [-0.2, -0.15) is 0 Å². The lowest BCUT2D eigenvalue weighted by molar-refractivity contribution is 0.318. The Bertz CT molecular complexity index is 514. The van der Waals surface area contributed by atoms with Crippen molar-refractivity contribution in [3.05, 3.63) is 35.1 Å². The summed E-state index contributed by atoms with van der Waals surface area (Å²) in [5.74, 6) is -0.417. The summed E-state index contributed by atoms with van der Waals surface area (Å²) < 4.78 is 13.9. The lowest BCUT2D eigenvalue weighted by Gasteiger charge is -2.18. The van der Waals surface area contributed by atoms with Crippen LogP contribution in [0.4, 0.5) is 4.39 Å². The monoisotopic (exact) mass is 279 g/mol. The first-order valence-corrected chi connectivity index (χ1v) is 6.91. The van der Waals surface area contributed by atoms with E-state index in [0.29, 0.717) is 29.1 Å². The van der Waals surface area contributed by atoms with E-state index in [0.717, 1.165) is 12.8 Å². The highest BCUT2D eigenvalue weighted by atomic mass is 19.1. The minimum atomic E-state index is -0.334. The lowest BCUT2D eigenvalue weighted by Crippen LogP contribution is -2.27. The molecule has 1 atom stereocenters. The van der Waals surface area contributed by atoms with Crippen molar-refractivity contribution in [3.8, 4) is 0 Å². The van der Waals surface area contributed by atoms with Crippen molar-refractivity contribution in [2.75, 3.05) is 0 Å². The van der Waals surface area contributed by atoms with Crippen LogP contribution in [0.5, 0.6) is 0 Å². The molecule has 0 amide bonds. The highest BCUT2D eigenvalue weighted by molar-refractivity contribution is 5.97. The van der Waals surface area contributed by atoms with Crippen LogP contribution in [0.15, 0.2) is 23.4 Å². The zero-order valence-corrected chi connectivity index (χ0v) is 12.0. The molecular weight excluding hydrogens is 257 g/mol. The summed E-state index contributed by atoms with van der Waals surface area (Å²) in [5, 5.41) is 14.8. The molecule has 2 rings (SSSR count). The number of hydrogen-bond acceptors (Lipinski definition) is 3. The summed E-state index contributed by atoms with van der Waals surface area (Å²) in [5.41, 5.74) is 6.80. The van der Waals surface area contributed by atoms with Crippen molar-refractivity contribution < 1.29 is 9.60 Å². The zero-order valence-electron chi connectivity index (χ0n) is 12.0. The predicted octanol–water partition coefficient (Wildman–Crippen LogP) is 2.59. The third kappa shape index (κ3) is 3.48. The number of benzene rings is 1. The van der Waals surface area contributed by atoms with Gasteiger partial charge in [-0.25, -0.2) is 4.39 Å². The van der Waals surface area contributed by atoms with Crippen LogP contribution >= 0.6 is 0 Å². The maximum absolute atomic E-state index is 13.9. The van der Waals surface area contributed by atoms with E-state index in [2.05, 4.69) is 24.3 Å². The third-order valence-electron chi connectivity index (χ3n) is 4.01. The number of amidine groups is 1. The number of oxime groups is 1. The Morgan fingerprint density at radius 1 is 1.55 bits per heavy atom. The first-order valence-electron chi connectivity index (χ1n) is 6.91. The molecule has 1 saturated carbocycles. The van der Waals surface area contributed by atoms with Crippen molar-refractivity contribution in [1.82, 2.24) is 5.32 Å². The van der Waals surface area contributed by atoms with Gasteiger partial charge in [0.05, 0.1) is 0 Å². The molecule has 0 spiro atoms. The van der Waals surface area contributed by atoms with Crippen molar-refractivity contribution >= 4 is 5.84 Å². The Kier molecular flexibility index (Phi) is 4.28. The number of nitrogens with zero attached hydrogens (tertiary/aromatic N) is 1. The minimum Gasteiger partial charge on any atom is -0.409 e. The summed E-state index contributed by atoms with van der Waals surface area (Å²) in [6, 6.07) is 5.09. The van der Waals surface area contributed by atoms with E-state index in [9.17, 15) is 4.39 Å². The van der Waals surface area contributed by atoms with Crippen LogP contribution in [0.25, 0.3) is 0 Å². The van der Waals surface area contributed by atoms with Crippen LogP contribution in [0, 0.1) is 11.2 Å². The van der Waals surface area contributed by atoms with Gasteiger partial charge >= 0.3 is 0 Å². The summed E-state index contributed by atoms with van der Waals surface area (Å²) in [6.07, 6.45) is 3.46. The second-order valence-electron chi connectivity index (χ2n) is 6.28. The molecule has 20 heavy (non-hydrogen) atoms. The molecule has 0 saturated heterocycles. The number of rotatable bonds is 4. The molecule has 1 unspecified atom stereocenters. The van der Waals surface area contributed by atoms with Gasteiger partial charge in [-0.1, -0.05) is 31.1 Å². The molecule has 0 radical (unpaired) electrons. The average molecular weight is 279 g/mol. The molecule has 1 fully saturated rings.